The summed E-state index contributed by atoms with van der Waals surface area (Å²) < 4.78 is 0. The number of hydrogen-bond donors (Lipinski definition) is 1. The van der Waals surface area contributed by atoms with E-state index >= 15 is 0 Å². The number of rotatable bonds is 3. The van der Waals surface area contributed by atoms with Crippen LogP contribution in [-0.2, 0) is 11.8 Å². The first-order valence-electron chi connectivity index (χ1n) is 6.46. The maximum absolute atomic E-state index is 11.4. The lowest BCUT2D eigenvalue weighted by atomic mass is 9.72. The molecule has 1 aliphatic rings. The zero-order valence-electron chi connectivity index (χ0n) is 11.7. The summed E-state index contributed by atoms with van der Waals surface area (Å²) in [6.07, 6.45) is 2.30. The lowest BCUT2D eigenvalue weighted by Crippen LogP contribution is -2.25. The summed E-state index contributed by atoms with van der Waals surface area (Å²) in [7, 11) is 1.47. The van der Waals surface area contributed by atoms with Gasteiger partial charge in [-0.15, -0.1) is 0 Å². The second-order valence-electron chi connectivity index (χ2n) is 5.65. The van der Waals surface area contributed by atoms with E-state index in [-0.39, 0.29) is 22.5 Å². The van der Waals surface area contributed by atoms with Gasteiger partial charge < -0.3 is 5.32 Å². The van der Waals surface area contributed by atoms with Gasteiger partial charge in [-0.25, -0.2) is 0 Å². The molecule has 0 radical (unpaired) electrons. The van der Waals surface area contributed by atoms with Crippen molar-refractivity contribution in [3.05, 3.63) is 37.4 Å². The fraction of sp³-hybridized carbons (Fsp3) is 0.538. The molecule has 20 heavy (non-hydrogen) atoms. The van der Waals surface area contributed by atoms with Crippen molar-refractivity contribution in [3.63, 3.8) is 0 Å². The minimum Gasteiger partial charge on any atom is -0.377 e. The third-order valence-corrected chi connectivity index (χ3v) is 3.97. The van der Waals surface area contributed by atoms with E-state index in [2.05, 4.69) is 5.32 Å². The Kier molecular flexibility index (Phi) is 3.37. The van der Waals surface area contributed by atoms with Gasteiger partial charge in [0.1, 0.15) is 0 Å². The van der Waals surface area contributed by atoms with Crippen LogP contribution in [0.1, 0.15) is 37.8 Å². The summed E-state index contributed by atoms with van der Waals surface area (Å²) >= 11 is 0. The summed E-state index contributed by atoms with van der Waals surface area (Å²) in [6, 6.07) is 1.49. The van der Waals surface area contributed by atoms with Gasteiger partial charge in [0, 0.05) is 18.7 Å². The van der Waals surface area contributed by atoms with E-state index in [9.17, 15) is 20.2 Å². The van der Waals surface area contributed by atoms with Gasteiger partial charge in [-0.3, -0.25) is 20.2 Å². The van der Waals surface area contributed by atoms with Crippen LogP contribution < -0.4 is 5.32 Å². The molecule has 1 aromatic rings. The summed E-state index contributed by atoms with van der Waals surface area (Å²) in [5, 5.41) is 25.2. The number of nitrogens with one attached hydrogen (secondary N) is 1. The normalized spacial score (nSPS) is 16.4. The van der Waals surface area contributed by atoms with Crippen LogP contribution in [0.15, 0.2) is 6.07 Å². The van der Waals surface area contributed by atoms with Gasteiger partial charge in [-0.2, -0.15) is 0 Å². The molecular formula is C13H17N3O4. The van der Waals surface area contributed by atoms with Gasteiger partial charge in [-0.1, -0.05) is 13.8 Å². The Morgan fingerprint density at radius 3 is 2.40 bits per heavy atom. The van der Waals surface area contributed by atoms with Crippen molar-refractivity contribution in [1.82, 2.24) is 0 Å². The Balaban J connectivity index is 2.86. The molecule has 108 valence electrons. The van der Waals surface area contributed by atoms with Crippen LogP contribution >= 0.6 is 0 Å². The van der Waals surface area contributed by atoms with E-state index in [4.69, 9.17) is 0 Å². The zero-order valence-corrected chi connectivity index (χ0v) is 11.7. The van der Waals surface area contributed by atoms with Crippen LogP contribution in [0.3, 0.4) is 0 Å². The predicted octanol–water partition coefficient (Wildman–Crippen LogP) is 3.16. The molecule has 0 spiro atoms. The first-order valence-corrected chi connectivity index (χ1v) is 6.46. The van der Waals surface area contributed by atoms with E-state index in [0.717, 1.165) is 18.4 Å². The van der Waals surface area contributed by atoms with Crippen LogP contribution in [0.2, 0.25) is 0 Å². The third kappa shape index (κ3) is 2.09. The molecule has 0 atom stereocenters. The molecular weight excluding hydrogens is 262 g/mol. The first kappa shape index (κ1) is 14.2. The van der Waals surface area contributed by atoms with Crippen LogP contribution in [0.5, 0.6) is 0 Å². The Morgan fingerprint density at radius 1 is 1.25 bits per heavy atom. The molecule has 0 saturated carbocycles. The van der Waals surface area contributed by atoms with Crippen molar-refractivity contribution in [2.24, 2.45) is 0 Å². The van der Waals surface area contributed by atoms with Crippen molar-refractivity contribution in [3.8, 4) is 0 Å². The molecule has 0 amide bonds. The maximum atomic E-state index is 11.4. The molecule has 0 aromatic heterocycles. The van der Waals surface area contributed by atoms with Gasteiger partial charge in [-0.05, 0) is 30.2 Å². The molecule has 0 unspecified atom stereocenters. The molecule has 0 bridgehead atoms. The van der Waals surface area contributed by atoms with Crippen LogP contribution in [0.4, 0.5) is 17.1 Å². The highest BCUT2D eigenvalue weighted by Gasteiger charge is 2.38. The summed E-state index contributed by atoms with van der Waals surface area (Å²) in [5.41, 5.74) is 0.686. The van der Waals surface area contributed by atoms with Crippen molar-refractivity contribution in [2.45, 2.75) is 38.5 Å². The molecule has 7 nitrogen and oxygen atoms in total. The number of fused-ring (bicyclic) bond motifs is 1. The Labute approximate surface area is 116 Å². The standard InChI is InChI=1S/C13H17N3O4/c1-13(2)6-4-5-8-9(13)7-10(15(17)18)11(14-3)12(8)16(19)20/h7,14H,4-6H2,1-3H3. The Bertz CT molecular complexity index is 596. The van der Waals surface area contributed by atoms with Crippen LogP contribution in [0.25, 0.3) is 0 Å². The molecule has 0 saturated heterocycles. The lowest BCUT2D eigenvalue weighted by molar-refractivity contribution is -0.393. The van der Waals surface area contributed by atoms with Crippen molar-refractivity contribution in [2.75, 3.05) is 12.4 Å². The number of benzene rings is 1. The molecule has 2 rings (SSSR count). The van der Waals surface area contributed by atoms with E-state index in [1.54, 1.807) is 0 Å². The topological polar surface area (TPSA) is 98.3 Å². The van der Waals surface area contributed by atoms with E-state index < -0.39 is 9.85 Å². The molecule has 0 fully saturated rings. The van der Waals surface area contributed by atoms with Crippen molar-refractivity contribution in [1.29, 1.82) is 0 Å². The van der Waals surface area contributed by atoms with E-state index in [1.807, 2.05) is 13.8 Å². The average Bonchev–Trinajstić information content (AvgIpc) is 2.35. The highest BCUT2D eigenvalue weighted by molar-refractivity contribution is 5.78. The monoisotopic (exact) mass is 279 g/mol. The quantitative estimate of drug-likeness (QED) is 0.676. The summed E-state index contributed by atoms with van der Waals surface area (Å²) in [5.74, 6) is 0. The Hall–Kier alpha value is -2.18. The fourth-order valence-electron chi connectivity index (χ4n) is 2.99. The average molecular weight is 279 g/mol. The van der Waals surface area contributed by atoms with E-state index in [1.165, 1.54) is 13.1 Å². The first-order chi connectivity index (χ1) is 9.29. The van der Waals surface area contributed by atoms with Gasteiger partial charge in [0.25, 0.3) is 5.69 Å². The lowest BCUT2D eigenvalue weighted by Gasteiger charge is -2.32. The van der Waals surface area contributed by atoms with Gasteiger partial charge in [0.2, 0.25) is 0 Å². The fourth-order valence-corrected chi connectivity index (χ4v) is 2.99. The highest BCUT2D eigenvalue weighted by Crippen LogP contribution is 2.47. The second kappa shape index (κ2) is 4.73. The molecule has 7 heteroatoms. The number of anilines is 1. The van der Waals surface area contributed by atoms with Gasteiger partial charge in [0.15, 0.2) is 5.69 Å². The SMILES string of the molecule is CNc1c([N+](=O)[O-])cc2c(c1[N+](=O)[O-])CCCC2(C)C. The Morgan fingerprint density at radius 2 is 1.90 bits per heavy atom. The van der Waals surface area contributed by atoms with Gasteiger partial charge in [0.05, 0.1) is 9.85 Å². The maximum Gasteiger partial charge on any atom is 0.302 e. The van der Waals surface area contributed by atoms with E-state index in [0.29, 0.717) is 12.0 Å². The minimum atomic E-state index is -0.566. The van der Waals surface area contributed by atoms with Crippen molar-refractivity contribution < 1.29 is 9.85 Å². The number of nitro groups is 2. The smallest absolute Gasteiger partial charge is 0.302 e. The largest absolute Gasteiger partial charge is 0.377 e. The molecule has 1 aliphatic carbocycles. The summed E-state index contributed by atoms with van der Waals surface area (Å²) in [4.78, 5) is 21.5. The van der Waals surface area contributed by atoms with Crippen LogP contribution in [-0.4, -0.2) is 16.9 Å². The minimum absolute atomic E-state index is 0.00329. The molecule has 1 N–H and O–H groups in total. The highest BCUT2D eigenvalue weighted by atomic mass is 16.6. The summed E-state index contributed by atoms with van der Waals surface area (Å²) in [6.45, 7) is 3.94. The molecule has 0 heterocycles. The predicted molar refractivity (Wildman–Crippen MR) is 75.3 cm³/mol. The second-order valence-corrected chi connectivity index (χ2v) is 5.65. The number of nitro benzene ring substituents is 2. The zero-order chi connectivity index (χ0) is 15.1. The van der Waals surface area contributed by atoms with Crippen LogP contribution in [0, 0.1) is 20.2 Å². The molecule has 0 aliphatic heterocycles. The third-order valence-electron chi connectivity index (χ3n) is 3.97. The van der Waals surface area contributed by atoms with Gasteiger partial charge >= 0.3 is 5.69 Å². The number of nitrogens with zero attached hydrogens (tertiary/aromatic N) is 2. The molecule has 1 aromatic carbocycles. The van der Waals surface area contributed by atoms with Crippen molar-refractivity contribution >= 4 is 17.1 Å². The number of hydrogen-bond acceptors (Lipinski definition) is 5.